The van der Waals surface area contributed by atoms with Gasteiger partial charge in [0.2, 0.25) is 0 Å². The molecule has 0 bridgehead atoms. The Hall–Kier alpha value is -3.40. The molecule has 134 valence electrons. The van der Waals surface area contributed by atoms with Gasteiger partial charge in [-0.15, -0.1) is 0 Å². The van der Waals surface area contributed by atoms with Crippen LogP contribution in [0.15, 0.2) is 66.7 Å². The molecule has 0 atom stereocenters. The van der Waals surface area contributed by atoms with Crippen LogP contribution in [0, 0.1) is 0 Å². The van der Waals surface area contributed by atoms with Gasteiger partial charge in [0.15, 0.2) is 5.78 Å². The average Bonchev–Trinajstić information content (AvgIpc) is 2.67. The highest BCUT2D eigenvalue weighted by Gasteiger charge is 2.34. The van der Waals surface area contributed by atoms with Gasteiger partial charge in [-0.3, -0.25) is 4.79 Å². The number of benzene rings is 3. The molecule has 1 aliphatic rings. The SMILES string of the molecule is CC1(C)c2ccccc2Oc2ccc(C(=O)c3ccccc3C(=O)O)cc21. The number of rotatable bonds is 3. The van der Waals surface area contributed by atoms with Crippen LogP contribution in [0.2, 0.25) is 0 Å². The van der Waals surface area contributed by atoms with Gasteiger partial charge >= 0.3 is 5.97 Å². The Bertz CT molecular complexity index is 1080. The van der Waals surface area contributed by atoms with Gasteiger partial charge in [0, 0.05) is 27.7 Å². The molecule has 4 nitrogen and oxygen atoms in total. The number of aromatic carboxylic acids is 1. The van der Waals surface area contributed by atoms with Crippen molar-refractivity contribution in [2.75, 3.05) is 0 Å². The number of carboxylic acids is 1. The number of hydrogen-bond acceptors (Lipinski definition) is 3. The second-order valence-electron chi connectivity index (χ2n) is 7.11. The molecule has 0 unspecified atom stereocenters. The molecule has 0 saturated heterocycles. The first-order valence-corrected chi connectivity index (χ1v) is 8.68. The summed E-state index contributed by atoms with van der Waals surface area (Å²) >= 11 is 0. The molecule has 1 N–H and O–H groups in total. The Morgan fingerprint density at radius 3 is 2.19 bits per heavy atom. The van der Waals surface area contributed by atoms with Crippen molar-refractivity contribution in [2.45, 2.75) is 19.3 Å². The van der Waals surface area contributed by atoms with Gasteiger partial charge in [0.1, 0.15) is 11.5 Å². The van der Waals surface area contributed by atoms with E-state index < -0.39 is 5.97 Å². The van der Waals surface area contributed by atoms with Crippen molar-refractivity contribution >= 4 is 11.8 Å². The van der Waals surface area contributed by atoms with Gasteiger partial charge in [-0.25, -0.2) is 4.79 Å². The number of carboxylic acid groups (broad SMARTS) is 1. The maximum atomic E-state index is 13.0. The van der Waals surface area contributed by atoms with Crippen LogP contribution >= 0.6 is 0 Å². The third-order valence-corrected chi connectivity index (χ3v) is 5.10. The van der Waals surface area contributed by atoms with Crippen molar-refractivity contribution in [3.8, 4) is 11.5 Å². The van der Waals surface area contributed by atoms with E-state index in [0.717, 1.165) is 16.9 Å². The van der Waals surface area contributed by atoms with E-state index in [2.05, 4.69) is 13.8 Å². The molecule has 0 aliphatic carbocycles. The summed E-state index contributed by atoms with van der Waals surface area (Å²) in [6.07, 6.45) is 0. The Morgan fingerprint density at radius 1 is 0.815 bits per heavy atom. The Morgan fingerprint density at radius 2 is 1.44 bits per heavy atom. The minimum Gasteiger partial charge on any atom is -0.478 e. The van der Waals surface area contributed by atoms with Crippen molar-refractivity contribution in [1.82, 2.24) is 0 Å². The predicted molar refractivity (Wildman–Crippen MR) is 102 cm³/mol. The molecule has 27 heavy (non-hydrogen) atoms. The number of hydrogen-bond donors (Lipinski definition) is 1. The van der Waals surface area contributed by atoms with Crippen molar-refractivity contribution in [3.05, 3.63) is 94.5 Å². The number of para-hydroxylation sites is 1. The monoisotopic (exact) mass is 358 g/mol. The van der Waals surface area contributed by atoms with E-state index in [1.54, 1.807) is 30.3 Å². The number of carbonyl (C=O) groups is 2. The van der Waals surface area contributed by atoms with E-state index in [1.807, 2.05) is 30.3 Å². The van der Waals surface area contributed by atoms with Crippen LogP contribution in [0.25, 0.3) is 0 Å². The summed E-state index contributed by atoms with van der Waals surface area (Å²) < 4.78 is 6.01. The smallest absolute Gasteiger partial charge is 0.336 e. The normalized spacial score (nSPS) is 13.9. The summed E-state index contributed by atoms with van der Waals surface area (Å²) in [7, 11) is 0. The Kier molecular flexibility index (Phi) is 3.84. The fourth-order valence-corrected chi connectivity index (χ4v) is 3.61. The van der Waals surface area contributed by atoms with E-state index in [4.69, 9.17) is 4.74 Å². The Labute approximate surface area is 157 Å². The molecule has 3 aromatic carbocycles. The van der Waals surface area contributed by atoms with Crippen LogP contribution in [0.3, 0.4) is 0 Å². The van der Waals surface area contributed by atoms with Gasteiger partial charge in [0.05, 0.1) is 5.56 Å². The molecular formula is C23H18O4. The first-order chi connectivity index (χ1) is 12.9. The molecule has 0 amide bonds. The molecule has 3 aromatic rings. The fourth-order valence-electron chi connectivity index (χ4n) is 3.61. The lowest BCUT2D eigenvalue weighted by molar-refractivity contribution is 0.0693. The number of fused-ring (bicyclic) bond motifs is 2. The van der Waals surface area contributed by atoms with Crippen molar-refractivity contribution in [2.24, 2.45) is 0 Å². The zero-order valence-corrected chi connectivity index (χ0v) is 15.0. The first kappa shape index (κ1) is 17.0. The number of carbonyl (C=O) groups excluding carboxylic acids is 1. The standard InChI is InChI=1S/C23H18O4/c1-23(2)17-9-5-6-10-19(17)27-20-12-11-14(13-18(20)23)21(24)15-7-3-4-8-16(15)22(25)26/h3-13H,1-2H3,(H,25,26). The van der Waals surface area contributed by atoms with Gasteiger partial charge < -0.3 is 9.84 Å². The summed E-state index contributed by atoms with van der Waals surface area (Å²) in [5.74, 6) is 0.0898. The quantitative estimate of drug-likeness (QED) is 0.666. The van der Waals surface area contributed by atoms with Crippen LogP contribution in [0.4, 0.5) is 0 Å². The van der Waals surface area contributed by atoms with Crippen LogP contribution in [0.1, 0.15) is 51.3 Å². The highest BCUT2D eigenvalue weighted by Crippen LogP contribution is 2.47. The number of ether oxygens (including phenoxy) is 1. The average molecular weight is 358 g/mol. The largest absolute Gasteiger partial charge is 0.478 e. The van der Waals surface area contributed by atoms with E-state index >= 15 is 0 Å². The zero-order chi connectivity index (χ0) is 19.2. The van der Waals surface area contributed by atoms with Crippen molar-refractivity contribution in [1.29, 1.82) is 0 Å². The Balaban J connectivity index is 1.82. The topological polar surface area (TPSA) is 63.6 Å². The molecular weight excluding hydrogens is 340 g/mol. The third-order valence-electron chi connectivity index (χ3n) is 5.10. The molecule has 0 spiro atoms. The highest BCUT2D eigenvalue weighted by molar-refractivity contribution is 6.14. The lowest BCUT2D eigenvalue weighted by atomic mass is 9.75. The summed E-state index contributed by atoms with van der Waals surface area (Å²) in [5, 5.41) is 9.37. The lowest BCUT2D eigenvalue weighted by Gasteiger charge is -2.34. The third kappa shape index (κ3) is 2.70. The summed E-state index contributed by atoms with van der Waals surface area (Å²) in [5.41, 5.74) is 2.24. The molecule has 0 fully saturated rings. The van der Waals surface area contributed by atoms with Crippen molar-refractivity contribution < 1.29 is 19.4 Å². The van der Waals surface area contributed by atoms with E-state index in [0.29, 0.717) is 11.3 Å². The molecule has 0 radical (unpaired) electrons. The summed E-state index contributed by atoms with van der Waals surface area (Å²) in [6, 6.07) is 19.4. The first-order valence-electron chi connectivity index (χ1n) is 8.68. The predicted octanol–water partition coefficient (Wildman–Crippen LogP) is 5.05. The minimum atomic E-state index is -1.12. The summed E-state index contributed by atoms with van der Waals surface area (Å²) in [6.45, 7) is 4.18. The van der Waals surface area contributed by atoms with Crippen LogP contribution in [0.5, 0.6) is 11.5 Å². The molecule has 0 saturated carbocycles. The second-order valence-corrected chi connectivity index (χ2v) is 7.11. The lowest BCUT2D eigenvalue weighted by Crippen LogP contribution is -2.24. The van der Waals surface area contributed by atoms with Crippen LogP contribution in [-0.2, 0) is 5.41 Å². The van der Waals surface area contributed by atoms with Gasteiger partial charge in [-0.2, -0.15) is 0 Å². The maximum Gasteiger partial charge on any atom is 0.336 e. The molecule has 0 aromatic heterocycles. The molecule has 4 rings (SSSR count). The fraction of sp³-hybridized carbons (Fsp3) is 0.130. The van der Waals surface area contributed by atoms with Crippen molar-refractivity contribution in [3.63, 3.8) is 0 Å². The van der Waals surface area contributed by atoms with E-state index in [9.17, 15) is 14.7 Å². The molecule has 1 heterocycles. The zero-order valence-electron chi connectivity index (χ0n) is 15.0. The molecule has 1 aliphatic heterocycles. The second kappa shape index (κ2) is 6.09. The maximum absolute atomic E-state index is 13.0. The van der Waals surface area contributed by atoms with Gasteiger partial charge in [-0.05, 0) is 30.3 Å². The minimum absolute atomic E-state index is 0.000997. The van der Waals surface area contributed by atoms with Crippen LogP contribution in [-0.4, -0.2) is 16.9 Å². The van der Waals surface area contributed by atoms with E-state index in [-0.39, 0.29) is 22.3 Å². The van der Waals surface area contributed by atoms with E-state index in [1.165, 1.54) is 6.07 Å². The van der Waals surface area contributed by atoms with Gasteiger partial charge in [0.25, 0.3) is 0 Å². The highest BCUT2D eigenvalue weighted by atomic mass is 16.5. The van der Waals surface area contributed by atoms with Gasteiger partial charge in [-0.1, -0.05) is 50.2 Å². The summed E-state index contributed by atoms with van der Waals surface area (Å²) in [4.78, 5) is 24.5. The number of ketones is 1. The van der Waals surface area contributed by atoms with Crippen LogP contribution < -0.4 is 4.74 Å². The molecule has 4 heteroatoms.